The Hall–Kier alpha value is -3.46. The molecule has 0 spiro atoms. The average Bonchev–Trinajstić information content (AvgIpc) is 3.29. The van der Waals surface area contributed by atoms with E-state index in [0.29, 0.717) is 11.5 Å². The van der Waals surface area contributed by atoms with Gasteiger partial charge in [0.2, 0.25) is 11.9 Å². The van der Waals surface area contributed by atoms with Crippen LogP contribution in [0, 0.1) is 0 Å². The van der Waals surface area contributed by atoms with Crippen molar-refractivity contribution < 1.29 is 9.59 Å². The molecule has 1 aliphatic carbocycles. The van der Waals surface area contributed by atoms with E-state index in [4.69, 9.17) is 4.98 Å². The fraction of sp³-hybridized carbons (Fsp3) is 0.304. The van der Waals surface area contributed by atoms with E-state index in [1.807, 2.05) is 23.6 Å². The van der Waals surface area contributed by atoms with Crippen LogP contribution in [0.3, 0.4) is 0 Å². The van der Waals surface area contributed by atoms with Gasteiger partial charge in [-0.3, -0.25) is 9.59 Å². The smallest absolute Gasteiger partial charge is 0.251 e. The highest BCUT2D eigenvalue weighted by molar-refractivity contribution is 7.17. The average molecular weight is 451 g/mol. The Labute approximate surface area is 190 Å². The quantitative estimate of drug-likeness (QED) is 0.408. The molecule has 0 aliphatic heterocycles. The highest BCUT2D eigenvalue weighted by atomic mass is 32.1. The molecule has 3 aromatic rings. The van der Waals surface area contributed by atoms with E-state index in [2.05, 4.69) is 32.8 Å². The lowest BCUT2D eigenvalue weighted by Gasteiger charge is -2.29. The molecular weight excluding hydrogens is 424 g/mol. The molecule has 0 bridgehead atoms. The lowest BCUT2D eigenvalue weighted by Crippen LogP contribution is -2.39. The van der Waals surface area contributed by atoms with E-state index in [1.165, 1.54) is 6.08 Å². The van der Waals surface area contributed by atoms with Gasteiger partial charge in [-0.2, -0.15) is 4.98 Å². The van der Waals surface area contributed by atoms with Crippen molar-refractivity contribution in [1.29, 1.82) is 0 Å². The van der Waals surface area contributed by atoms with Gasteiger partial charge in [-0.1, -0.05) is 6.58 Å². The van der Waals surface area contributed by atoms with Crippen LogP contribution in [-0.4, -0.2) is 40.9 Å². The highest BCUT2D eigenvalue weighted by Gasteiger charge is 2.23. The summed E-state index contributed by atoms with van der Waals surface area (Å²) in [5, 5.41) is 14.4. The largest absolute Gasteiger partial charge is 0.366 e. The Kier molecular flexibility index (Phi) is 6.65. The predicted octanol–water partition coefficient (Wildman–Crippen LogP) is 3.82. The maximum Gasteiger partial charge on any atom is 0.251 e. The number of carbonyl (C=O) groups is 2. The van der Waals surface area contributed by atoms with Gasteiger partial charge in [0.05, 0.1) is 10.2 Å². The SMILES string of the molecule is C=CC(=O)N[C@H]1CC[C@@H](Nc2nc(Nc3ccc(C(=O)NC)cc3)nc3ccsc23)CC1. The summed E-state index contributed by atoms with van der Waals surface area (Å²) in [7, 11) is 1.61. The summed E-state index contributed by atoms with van der Waals surface area (Å²) in [5.41, 5.74) is 2.27. The molecule has 8 nitrogen and oxygen atoms in total. The summed E-state index contributed by atoms with van der Waals surface area (Å²) in [6.45, 7) is 3.51. The summed E-state index contributed by atoms with van der Waals surface area (Å²) in [6.07, 6.45) is 5.04. The second-order valence-electron chi connectivity index (χ2n) is 7.72. The second-order valence-corrected chi connectivity index (χ2v) is 8.63. The van der Waals surface area contributed by atoms with E-state index in [-0.39, 0.29) is 23.9 Å². The molecule has 2 heterocycles. The summed E-state index contributed by atoms with van der Waals surface area (Å²) in [6, 6.07) is 9.64. The molecule has 2 amide bonds. The highest BCUT2D eigenvalue weighted by Crippen LogP contribution is 2.31. The molecule has 0 radical (unpaired) electrons. The number of fused-ring (bicyclic) bond motifs is 1. The van der Waals surface area contributed by atoms with Crippen molar-refractivity contribution in [3.8, 4) is 0 Å². The van der Waals surface area contributed by atoms with E-state index >= 15 is 0 Å². The first-order chi connectivity index (χ1) is 15.6. The molecule has 1 aliphatic rings. The zero-order valence-corrected chi connectivity index (χ0v) is 18.7. The van der Waals surface area contributed by atoms with Crippen molar-refractivity contribution in [1.82, 2.24) is 20.6 Å². The van der Waals surface area contributed by atoms with E-state index in [9.17, 15) is 9.59 Å². The van der Waals surface area contributed by atoms with Gasteiger partial charge in [0, 0.05) is 30.4 Å². The molecule has 0 atom stereocenters. The molecule has 166 valence electrons. The minimum absolute atomic E-state index is 0.114. The zero-order chi connectivity index (χ0) is 22.5. The number of benzene rings is 1. The van der Waals surface area contributed by atoms with Gasteiger partial charge in [-0.05, 0) is 67.5 Å². The van der Waals surface area contributed by atoms with E-state index in [0.717, 1.165) is 47.4 Å². The maximum atomic E-state index is 11.7. The summed E-state index contributed by atoms with van der Waals surface area (Å²) < 4.78 is 1.02. The van der Waals surface area contributed by atoms with Crippen LogP contribution in [0.5, 0.6) is 0 Å². The second kappa shape index (κ2) is 9.78. The van der Waals surface area contributed by atoms with Crippen LogP contribution in [0.25, 0.3) is 10.2 Å². The van der Waals surface area contributed by atoms with Crippen LogP contribution < -0.4 is 21.3 Å². The molecule has 4 N–H and O–H groups in total. The first-order valence-electron chi connectivity index (χ1n) is 10.6. The minimum Gasteiger partial charge on any atom is -0.366 e. The van der Waals surface area contributed by atoms with Crippen LogP contribution >= 0.6 is 11.3 Å². The topological polar surface area (TPSA) is 108 Å². The normalized spacial score (nSPS) is 18.0. The zero-order valence-electron chi connectivity index (χ0n) is 17.9. The molecule has 4 rings (SSSR count). The summed E-state index contributed by atoms with van der Waals surface area (Å²) >= 11 is 1.61. The number of carbonyl (C=O) groups excluding carboxylic acids is 2. The predicted molar refractivity (Wildman–Crippen MR) is 129 cm³/mol. The Morgan fingerprint density at radius 2 is 1.78 bits per heavy atom. The molecule has 0 saturated heterocycles. The Balaban J connectivity index is 1.46. The van der Waals surface area contributed by atoms with Gasteiger partial charge in [-0.25, -0.2) is 4.98 Å². The van der Waals surface area contributed by atoms with Crippen molar-refractivity contribution in [3.05, 3.63) is 53.9 Å². The first-order valence-corrected chi connectivity index (χ1v) is 11.5. The van der Waals surface area contributed by atoms with Gasteiger partial charge in [-0.15, -0.1) is 11.3 Å². The lowest BCUT2D eigenvalue weighted by molar-refractivity contribution is -0.117. The number of thiophene rings is 1. The molecule has 1 aromatic carbocycles. The minimum atomic E-state index is -0.127. The Morgan fingerprint density at radius 1 is 1.06 bits per heavy atom. The van der Waals surface area contributed by atoms with Crippen LogP contribution in [0.1, 0.15) is 36.0 Å². The number of nitrogens with zero attached hydrogens (tertiary/aromatic N) is 2. The van der Waals surface area contributed by atoms with Gasteiger partial charge in [0.1, 0.15) is 5.82 Å². The number of anilines is 3. The van der Waals surface area contributed by atoms with Crippen LogP contribution in [-0.2, 0) is 4.79 Å². The molecular formula is C23H26N6O2S. The third-order valence-electron chi connectivity index (χ3n) is 5.53. The van der Waals surface area contributed by atoms with Crippen molar-refractivity contribution >= 4 is 50.8 Å². The Morgan fingerprint density at radius 3 is 2.47 bits per heavy atom. The van der Waals surface area contributed by atoms with Gasteiger partial charge in [0.25, 0.3) is 5.91 Å². The van der Waals surface area contributed by atoms with Gasteiger partial charge >= 0.3 is 0 Å². The standard InChI is InChI=1S/C23H26N6O2S/c1-3-19(30)25-15-8-10-16(11-9-15)26-21-20-18(12-13-32-20)28-23(29-21)27-17-6-4-14(5-7-17)22(31)24-2/h3-7,12-13,15-16H,1,8-11H2,2H3,(H,24,31)(H,25,30)(H2,26,27,28,29)/t15-,16+. The first kappa shape index (κ1) is 21.8. The number of rotatable bonds is 7. The molecule has 2 aromatic heterocycles. The number of amides is 2. The summed E-state index contributed by atoms with van der Waals surface area (Å²) in [5.74, 6) is 1.07. The van der Waals surface area contributed by atoms with Crippen molar-refractivity contribution in [2.24, 2.45) is 0 Å². The fourth-order valence-electron chi connectivity index (χ4n) is 3.83. The van der Waals surface area contributed by atoms with Crippen molar-refractivity contribution in [2.45, 2.75) is 37.8 Å². The maximum absolute atomic E-state index is 11.7. The van der Waals surface area contributed by atoms with E-state index in [1.54, 1.807) is 30.5 Å². The molecule has 32 heavy (non-hydrogen) atoms. The number of nitrogens with one attached hydrogen (secondary N) is 4. The molecule has 0 unspecified atom stereocenters. The van der Waals surface area contributed by atoms with Gasteiger partial charge < -0.3 is 21.3 Å². The molecule has 1 saturated carbocycles. The summed E-state index contributed by atoms with van der Waals surface area (Å²) in [4.78, 5) is 32.6. The van der Waals surface area contributed by atoms with Gasteiger partial charge in [0.15, 0.2) is 0 Å². The van der Waals surface area contributed by atoms with Crippen molar-refractivity contribution in [2.75, 3.05) is 17.7 Å². The number of hydrogen-bond donors (Lipinski definition) is 4. The Bertz CT molecular complexity index is 1120. The number of aromatic nitrogens is 2. The third-order valence-corrected chi connectivity index (χ3v) is 6.44. The van der Waals surface area contributed by atoms with Crippen LogP contribution in [0.2, 0.25) is 0 Å². The molecule has 9 heteroatoms. The van der Waals surface area contributed by atoms with E-state index < -0.39 is 0 Å². The lowest BCUT2D eigenvalue weighted by atomic mass is 9.91. The van der Waals surface area contributed by atoms with Crippen molar-refractivity contribution in [3.63, 3.8) is 0 Å². The fourth-order valence-corrected chi connectivity index (χ4v) is 4.61. The molecule has 1 fully saturated rings. The third kappa shape index (κ3) is 5.05. The number of hydrogen-bond acceptors (Lipinski definition) is 7. The van der Waals surface area contributed by atoms with Crippen LogP contribution in [0.4, 0.5) is 17.5 Å². The van der Waals surface area contributed by atoms with Crippen LogP contribution in [0.15, 0.2) is 48.4 Å². The monoisotopic (exact) mass is 450 g/mol.